The second kappa shape index (κ2) is 12.4. The summed E-state index contributed by atoms with van der Waals surface area (Å²) in [5.41, 5.74) is 0. The quantitative estimate of drug-likeness (QED) is 0.364. The monoisotopic (exact) mass is 431 g/mol. The summed E-state index contributed by atoms with van der Waals surface area (Å²) in [6, 6.07) is 7.65. The van der Waals surface area contributed by atoms with Crippen LogP contribution >= 0.6 is 0 Å². The van der Waals surface area contributed by atoms with E-state index in [-0.39, 0.29) is 5.91 Å². The molecule has 1 amide bonds. The zero-order chi connectivity index (χ0) is 21.9. The third-order valence-corrected chi connectivity index (χ3v) is 5.70. The van der Waals surface area contributed by atoms with Gasteiger partial charge in [0.25, 0.3) is 0 Å². The largest absolute Gasteiger partial charge is 0.497 e. The zero-order valence-corrected chi connectivity index (χ0v) is 19.0. The minimum Gasteiger partial charge on any atom is -0.497 e. The van der Waals surface area contributed by atoms with Gasteiger partial charge in [-0.05, 0) is 31.9 Å². The minimum atomic E-state index is 0.280. The van der Waals surface area contributed by atoms with E-state index >= 15 is 0 Å². The van der Waals surface area contributed by atoms with Gasteiger partial charge in [-0.25, -0.2) is 0 Å². The molecule has 2 heterocycles. The van der Waals surface area contributed by atoms with E-state index in [9.17, 15) is 4.79 Å². The lowest BCUT2D eigenvalue weighted by Crippen LogP contribution is -2.54. The number of carbonyl (C=O) groups excluding carboxylic acids is 1. The van der Waals surface area contributed by atoms with Gasteiger partial charge in [-0.15, -0.1) is 0 Å². The predicted molar refractivity (Wildman–Crippen MR) is 123 cm³/mol. The van der Waals surface area contributed by atoms with E-state index in [4.69, 9.17) is 14.5 Å². The third kappa shape index (κ3) is 7.31. The van der Waals surface area contributed by atoms with Crippen LogP contribution in [-0.2, 0) is 4.79 Å². The molecular weight excluding hydrogens is 394 g/mol. The van der Waals surface area contributed by atoms with Crippen LogP contribution in [0.2, 0.25) is 0 Å². The molecule has 2 saturated heterocycles. The number of guanidine groups is 1. The maximum Gasteiger partial charge on any atom is 0.236 e. The molecule has 1 aromatic carbocycles. The third-order valence-electron chi connectivity index (χ3n) is 5.70. The number of carbonyl (C=O) groups is 1. The average Bonchev–Trinajstić information content (AvgIpc) is 3.34. The number of nitrogens with one attached hydrogen (secondary N) is 1. The van der Waals surface area contributed by atoms with Crippen molar-refractivity contribution in [3.05, 3.63) is 24.3 Å². The number of rotatable bonds is 9. The number of piperazine rings is 1. The van der Waals surface area contributed by atoms with Crippen molar-refractivity contribution in [1.29, 1.82) is 0 Å². The Morgan fingerprint density at radius 1 is 1.06 bits per heavy atom. The van der Waals surface area contributed by atoms with Gasteiger partial charge in [0.2, 0.25) is 5.91 Å². The molecule has 172 valence electrons. The molecule has 3 rings (SSSR count). The maximum absolute atomic E-state index is 12.4. The van der Waals surface area contributed by atoms with Crippen molar-refractivity contribution in [3.63, 3.8) is 0 Å². The van der Waals surface area contributed by atoms with E-state index in [0.717, 1.165) is 82.5 Å². The maximum atomic E-state index is 12.4. The van der Waals surface area contributed by atoms with Crippen LogP contribution in [0, 0.1) is 0 Å². The highest BCUT2D eigenvalue weighted by Crippen LogP contribution is 2.18. The standard InChI is InChI=1S/C23H37N5O3/c1-3-24-23(25-10-7-17-31-21-9-6-8-20(18-21)30-2)28-15-13-26(14-16-28)19-22(29)27-11-4-5-12-27/h6,8-9,18H,3-5,7,10-17,19H2,1-2H3,(H,24,25). The van der Waals surface area contributed by atoms with E-state index in [1.807, 2.05) is 29.2 Å². The second-order valence-corrected chi connectivity index (χ2v) is 7.97. The van der Waals surface area contributed by atoms with E-state index in [2.05, 4.69) is 22.0 Å². The zero-order valence-electron chi connectivity index (χ0n) is 19.0. The highest BCUT2D eigenvalue weighted by atomic mass is 16.5. The molecule has 1 N–H and O–H groups in total. The molecule has 0 aliphatic carbocycles. The summed E-state index contributed by atoms with van der Waals surface area (Å²) in [4.78, 5) is 23.7. The number of nitrogens with zero attached hydrogens (tertiary/aromatic N) is 4. The van der Waals surface area contributed by atoms with Gasteiger partial charge in [-0.1, -0.05) is 6.07 Å². The number of likely N-dealkylation sites (tertiary alicyclic amines) is 1. The van der Waals surface area contributed by atoms with E-state index in [1.54, 1.807) is 7.11 Å². The molecule has 8 heteroatoms. The first kappa shape index (κ1) is 23.2. The van der Waals surface area contributed by atoms with Crippen LogP contribution in [0.15, 0.2) is 29.3 Å². The van der Waals surface area contributed by atoms with Crippen molar-refractivity contribution < 1.29 is 14.3 Å². The van der Waals surface area contributed by atoms with Crippen LogP contribution in [0.4, 0.5) is 0 Å². The Balaban J connectivity index is 1.39. The Morgan fingerprint density at radius 2 is 1.81 bits per heavy atom. The summed E-state index contributed by atoms with van der Waals surface area (Å²) in [5.74, 6) is 2.85. The lowest BCUT2D eigenvalue weighted by Gasteiger charge is -2.36. The van der Waals surface area contributed by atoms with Gasteiger partial charge in [-0.3, -0.25) is 14.7 Å². The number of benzene rings is 1. The number of hydrogen-bond donors (Lipinski definition) is 1. The molecule has 2 aliphatic rings. The van der Waals surface area contributed by atoms with Gasteiger partial charge in [0, 0.05) is 64.8 Å². The Hall–Kier alpha value is -2.48. The fourth-order valence-electron chi connectivity index (χ4n) is 3.93. The lowest BCUT2D eigenvalue weighted by molar-refractivity contribution is -0.131. The molecule has 0 atom stereocenters. The number of hydrogen-bond acceptors (Lipinski definition) is 5. The van der Waals surface area contributed by atoms with Gasteiger partial charge >= 0.3 is 0 Å². The average molecular weight is 432 g/mol. The molecule has 0 radical (unpaired) electrons. The first-order valence-electron chi connectivity index (χ1n) is 11.5. The van der Waals surface area contributed by atoms with Crippen LogP contribution in [0.5, 0.6) is 11.5 Å². The minimum absolute atomic E-state index is 0.280. The molecule has 2 fully saturated rings. The summed E-state index contributed by atoms with van der Waals surface area (Å²) in [6.45, 7) is 10.2. The molecule has 8 nitrogen and oxygen atoms in total. The molecular formula is C23H37N5O3. The van der Waals surface area contributed by atoms with Gasteiger partial charge in [0.1, 0.15) is 11.5 Å². The van der Waals surface area contributed by atoms with Crippen molar-refractivity contribution in [2.24, 2.45) is 4.99 Å². The lowest BCUT2D eigenvalue weighted by atomic mass is 10.3. The Bertz CT molecular complexity index is 713. The van der Waals surface area contributed by atoms with E-state index in [1.165, 1.54) is 0 Å². The number of amides is 1. The van der Waals surface area contributed by atoms with Gasteiger partial charge < -0.3 is 24.6 Å². The van der Waals surface area contributed by atoms with Gasteiger partial charge in [0.05, 0.1) is 20.3 Å². The normalized spacial score (nSPS) is 17.7. The molecule has 2 aliphatic heterocycles. The first-order valence-corrected chi connectivity index (χ1v) is 11.5. The van der Waals surface area contributed by atoms with Crippen molar-refractivity contribution in [2.75, 3.05) is 72.6 Å². The number of aliphatic imine (C=N–C) groups is 1. The fraction of sp³-hybridized carbons (Fsp3) is 0.652. The Labute approximate surface area is 186 Å². The Kier molecular flexibility index (Phi) is 9.27. The topological polar surface area (TPSA) is 69.6 Å². The van der Waals surface area contributed by atoms with Crippen molar-refractivity contribution in [2.45, 2.75) is 26.2 Å². The van der Waals surface area contributed by atoms with Crippen LogP contribution in [0.3, 0.4) is 0 Å². The molecule has 0 bridgehead atoms. The van der Waals surface area contributed by atoms with Gasteiger partial charge in [0.15, 0.2) is 5.96 Å². The summed E-state index contributed by atoms with van der Waals surface area (Å²) >= 11 is 0. The van der Waals surface area contributed by atoms with Crippen molar-refractivity contribution >= 4 is 11.9 Å². The summed E-state index contributed by atoms with van der Waals surface area (Å²) in [6.07, 6.45) is 3.13. The van der Waals surface area contributed by atoms with Crippen LogP contribution in [0.1, 0.15) is 26.2 Å². The van der Waals surface area contributed by atoms with Crippen LogP contribution in [0.25, 0.3) is 0 Å². The highest BCUT2D eigenvalue weighted by Gasteiger charge is 2.24. The summed E-state index contributed by atoms with van der Waals surface area (Å²) in [5, 5.41) is 3.40. The molecule has 1 aromatic rings. The fourth-order valence-corrected chi connectivity index (χ4v) is 3.93. The van der Waals surface area contributed by atoms with E-state index < -0.39 is 0 Å². The van der Waals surface area contributed by atoms with Crippen molar-refractivity contribution in [3.8, 4) is 11.5 Å². The molecule has 0 aromatic heterocycles. The van der Waals surface area contributed by atoms with Crippen molar-refractivity contribution in [1.82, 2.24) is 20.0 Å². The first-order chi connectivity index (χ1) is 15.2. The molecule has 0 spiro atoms. The number of ether oxygens (including phenoxy) is 2. The van der Waals surface area contributed by atoms with E-state index in [0.29, 0.717) is 19.7 Å². The SMILES string of the molecule is CCNC(=NCCCOc1cccc(OC)c1)N1CCN(CC(=O)N2CCCC2)CC1. The summed E-state index contributed by atoms with van der Waals surface area (Å²) < 4.78 is 11.0. The molecule has 0 saturated carbocycles. The van der Waals surface area contributed by atoms with Crippen LogP contribution < -0.4 is 14.8 Å². The predicted octanol–water partition coefficient (Wildman–Crippen LogP) is 1.67. The second-order valence-electron chi connectivity index (χ2n) is 7.97. The summed E-state index contributed by atoms with van der Waals surface area (Å²) in [7, 11) is 1.65. The Morgan fingerprint density at radius 3 is 2.52 bits per heavy atom. The van der Waals surface area contributed by atoms with Gasteiger partial charge in [-0.2, -0.15) is 0 Å². The smallest absolute Gasteiger partial charge is 0.236 e. The molecule has 0 unspecified atom stereocenters. The van der Waals surface area contributed by atoms with Crippen LogP contribution in [-0.4, -0.2) is 99.2 Å². The highest BCUT2D eigenvalue weighted by molar-refractivity contribution is 5.80. The number of methoxy groups -OCH3 is 1. The molecule has 31 heavy (non-hydrogen) atoms.